The van der Waals surface area contributed by atoms with Gasteiger partial charge in [0.05, 0.1) is 12.5 Å². The molecule has 26 heavy (non-hydrogen) atoms. The number of fused-ring (bicyclic) bond motifs is 1. The Balaban J connectivity index is 1.66. The molecule has 1 unspecified atom stereocenters. The van der Waals surface area contributed by atoms with E-state index in [1.54, 1.807) is 5.48 Å². The molecule has 4 rings (SSSR count). The minimum Gasteiger partial charge on any atom is -0.493 e. The van der Waals surface area contributed by atoms with E-state index in [1.165, 1.54) is 5.56 Å². The van der Waals surface area contributed by atoms with Crippen molar-refractivity contribution in [2.45, 2.75) is 12.3 Å². The molecule has 2 N–H and O–H groups in total. The van der Waals surface area contributed by atoms with Crippen LogP contribution >= 0.6 is 0 Å². The summed E-state index contributed by atoms with van der Waals surface area (Å²) >= 11 is 0. The second kappa shape index (κ2) is 7.02. The zero-order chi connectivity index (χ0) is 17.9. The monoisotopic (exact) mass is 345 g/mol. The first-order valence-corrected chi connectivity index (χ1v) is 8.61. The molecule has 3 aromatic rings. The largest absolute Gasteiger partial charge is 0.493 e. The Morgan fingerprint density at radius 3 is 2.35 bits per heavy atom. The normalized spacial score (nSPS) is 13.6. The molecule has 0 saturated carbocycles. The fraction of sp³-hybridized carbons (Fsp3) is 0.136. The van der Waals surface area contributed by atoms with E-state index in [2.05, 4.69) is 6.07 Å². The van der Waals surface area contributed by atoms with Crippen molar-refractivity contribution >= 4 is 5.91 Å². The Labute approximate surface area is 152 Å². The van der Waals surface area contributed by atoms with E-state index in [9.17, 15) is 4.79 Å². The van der Waals surface area contributed by atoms with Gasteiger partial charge in [0.25, 0.3) is 5.91 Å². The summed E-state index contributed by atoms with van der Waals surface area (Å²) in [5.41, 5.74) is 6.89. The number of hydrogen-bond acceptors (Lipinski definition) is 3. The third kappa shape index (κ3) is 3.07. The molecule has 0 spiro atoms. The van der Waals surface area contributed by atoms with Crippen LogP contribution in [0.4, 0.5) is 0 Å². The highest BCUT2D eigenvalue weighted by Gasteiger charge is 2.22. The molecule has 1 aliphatic heterocycles. The smallest absolute Gasteiger partial charge is 0.255 e. The van der Waals surface area contributed by atoms with Crippen molar-refractivity contribution in [2.75, 3.05) is 6.61 Å². The van der Waals surface area contributed by atoms with E-state index < -0.39 is 11.8 Å². The summed E-state index contributed by atoms with van der Waals surface area (Å²) in [5, 5.41) is 9.14. The van der Waals surface area contributed by atoms with Crippen LogP contribution in [0.25, 0.3) is 11.1 Å². The van der Waals surface area contributed by atoms with Gasteiger partial charge in [0.2, 0.25) is 0 Å². The molecular formula is C22H19NO3. The lowest BCUT2D eigenvalue weighted by Crippen LogP contribution is -2.27. The maximum absolute atomic E-state index is 12.2. The number of benzene rings is 3. The summed E-state index contributed by atoms with van der Waals surface area (Å²) in [5.74, 6) is -0.0311. The van der Waals surface area contributed by atoms with Crippen LogP contribution in [0.15, 0.2) is 72.8 Å². The predicted molar refractivity (Wildman–Crippen MR) is 99.3 cm³/mol. The molecule has 0 bridgehead atoms. The van der Waals surface area contributed by atoms with Crippen molar-refractivity contribution in [3.8, 4) is 16.9 Å². The molecular weight excluding hydrogens is 326 g/mol. The van der Waals surface area contributed by atoms with Crippen LogP contribution in [-0.4, -0.2) is 17.7 Å². The lowest BCUT2D eigenvalue weighted by molar-refractivity contribution is -0.129. The second-order valence-corrected chi connectivity index (χ2v) is 6.36. The van der Waals surface area contributed by atoms with Gasteiger partial charge in [-0.1, -0.05) is 60.7 Å². The van der Waals surface area contributed by atoms with Gasteiger partial charge in [-0.15, -0.1) is 0 Å². The standard InChI is InChI=1S/C22H19NO3/c24-22(23-25)21(16-4-2-1-3-5-16)17-8-6-15(7-9-17)18-10-11-20-19(14-18)12-13-26-20/h1-11,14,21,25H,12-13H2,(H,23,24). The van der Waals surface area contributed by atoms with Gasteiger partial charge in [-0.3, -0.25) is 10.0 Å². The maximum atomic E-state index is 12.2. The van der Waals surface area contributed by atoms with Crippen molar-refractivity contribution in [3.63, 3.8) is 0 Å². The predicted octanol–water partition coefficient (Wildman–Crippen LogP) is 3.93. The maximum Gasteiger partial charge on any atom is 0.255 e. The number of hydrogen-bond donors (Lipinski definition) is 2. The molecule has 0 radical (unpaired) electrons. The summed E-state index contributed by atoms with van der Waals surface area (Å²) in [6.07, 6.45) is 0.939. The summed E-state index contributed by atoms with van der Waals surface area (Å²) < 4.78 is 5.56. The third-order valence-electron chi connectivity index (χ3n) is 4.77. The molecule has 130 valence electrons. The highest BCUT2D eigenvalue weighted by molar-refractivity contribution is 5.86. The molecule has 1 amide bonds. The second-order valence-electron chi connectivity index (χ2n) is 6.36. The molecule has 4 heteroatoms. The lowest BCUT2D eigenvalue weighted by atomic mass is 9.89. The van der Waals surface area contributed by atoms with Gasteiger partial charge in [0.15, 0.2) is 0 Å². The van der Waals surface area contributed by atoms with E-state index in [1.807, 2.05) is 66.7 Å². The molecule has 1 atom stereocenters. The van der Waals surface area contributed by atoms with Gasteiger partial charge in [0.1, 0.15) is 5.75 Å². The van der Waals surface area contributed by atoms with E-state index in [-0.39, 0.29) is 0 Å². The highest BCUT2D eigenvalue weighted by Crippen LogP contribution is 2.32. The quantitative estimate of drug-likeness (QED) is 0.556. The molecule has 1 aliphatic rings. The summed E-state index contributed by atoms with van der Waals surface area (Å²) in [6, 6.07) is 23.5. The number of carbonyl (C=O) groups is 1. The first-order chi connectivity index (χ1) is 12.8. The van der Waals surface area contributed by atoms with Crippen molar-refractivity contribution in [3.05, 3.63) is 89.5 Å². The molecule has 1 heterocycles. The average Bonchev–Trinajstić information content (AvgIpc) is 3.17. The Hall–Kier alpha value is -3.11. The molecule has 0 saturated heterocycles. The van der Waals surface area contributed by atoms with E-state index in [4.69, 9.17) is 9.94 Å². The SMILES string of the molecule is O=C(NO)C(c1ccccc1)c1ccc(-c2ccc3c(c2)CCO3)cc1. The number of rotatable bonds is 4. The number of carbonyl (C=O) groups excluding carboxylic acids is 1. The fourth-order valence-electron chi connectivity index (χ4n) is 3.44. The molecule has 0 fully saturated rings. The third-order valence-corrected chi connectivity index (χ3v) is 4.77. The number of amides is 1. The van der Waals surface area contributed by atoms with Crippen molar-refractivity contribution < 1.29 is 14.7 Å². The van der Waals surface area contributed by atoms with Crippen molar-refractivity contribution in [1.82, 2.24) is 5.48 Å². The summed E-state index contributed by atoms with van der Waals surface area (Å²) in [7, 11) is 0. The van der Waals surface area contributed by atoms with Gasteiger partial charge >= 0.3 is 0 Å². The van der Waals surface area contributed by atoms with E-state index in [0.717, 1.165) is 41.0 Å². The Kier molecular flexibility index (Phi) is 4.42. The van der Waals surface area contributed by atoms with Gasteiger partial charge in [-0.25, -0.2) is 5.48 Å². The zero-order valence-electron chi connectivity index (χ0n) is 14.2. The lowest BCUT2D eigenvalue weighted by Gasteiger charge is -2.16. The van der Waals surface area contributed by atoms with Crippen LogP contribution in [0, 0.1) is 0 Å². The molecule has 4 nitrogen and oxygen atoms in total. The first kappa shape index (κ1) is 16.4. The van der Waals surface area contributed by atoms with Gasteiger partial charge in [0, 0.05) is 6.42 Å². The molecule has 0 aromatic heterocycles. The molecule has 3 aromatic carbocycles. The number of ether oxygens (including phenoxy) is 1. The van der Waals surface area contributed by atoms with Gasteiger partial charge < -0.3 is 4.74 Å². The van der Waals surface area contributed by atoms with Crippen LogP contribution in [0.2, 0.25) is 0 Å². The number of hydroxylamine groups is 1. The highest BCUT2D eigenvalue weighted by atomic mass is 16.5. The van der Waals surface area contributed by atoms with Crippen molar-refractivity contribution in [2.24, 2.45) is 0 Å². The number of nitrogens with one attached hydrogen (secondary N) is 1. The van der Waals surface area contributed by atoms with Crippen LogP contribution in [-0.2, 0) is 11.2 Å². The topological polar surface area (TPSA) is 58.6 Å². The Morgan fingerprint density at radius 2 is 1.62 bits per heavy atom. The van der Waals surface area contributed by atoms with E-state index in [0.29, 0.717) is 0 Å². The van der Waals surface area contributed by atoms with Crippen LogP contribution in [0.1, 0.15) is 22.6 Å². The van der Waals surface area contributed by atoms with E-state index >= 15 is 0 Å². The first-order valence-electron chi connectivity index (χ1n) is 8.61. The van der Waals surface area contributed by atoms with Crippen LogP contribution in [0.3, 0.4) is 0 Å². The van der Waals surface area contributed by atoms with Crippen LogP contribution < -0.4 is 10.2 Å². The van der Waals surface area contributed by atoms with Gasteiger partial charge in [-0.2, -0.15) is 0 Å². The Morgan fingerprint density at radius 1 is 0.923 bits per heavy atom. The summed E-state index contributed by atoms with van der Waals surface area (Å²) in [4.78, 5) is 12.2. The minimum atomic E-state index is -0.552. The minimum absolute atomic E-state index is 0.446. The molecule has 0 aliphatic carbocycles. The van der Waals surface area contributed by atoms with Crippen LogP contribution in [0.5, 0.6) is 5.75 Å². The zero-order valence-corrected chi connectivity index (χ0v) is 14.2. The summed E-state index contributed by atoms with van der Waals surface area (Å²) in [6.45, 7) is 0.743. The fourth-order valence-corrected chi connectivity index (χ4v) is 3.44. The average molecular weight is 345 g/mol. The Bertz CT molecular complexity index is 920. The van der Waals surface area contributed by atoms with Gasteiger partial charge in [-0.05, 0) is 39.9 Å². The van der Waals surface area contributed by atoms with Crippen molar-refractivity contribution in [1.29, 1.82) is 0 Å².